The van der Waals surface area contributed by atoms with Gasteiger partial charge in [-0.15, -0.1) is 22.7 Å². The van der Waals surface area contributed by atoms with Gasteiger partial charge >= 0.3 is 0 Å². The summed E-state index contributed by atoms with van der Waals surface area (Å²) in [6, 6.07) is 11.2. The molecule has 2 aromatic heterocycles. The monoisotopic (exact) mass is 428 g/mol. The Hall–Kier alpha value is -1.82. The summed E-state index contributed by atoms with van der Waals surface area (Å²) in [7, 11) is 0. The number of Topliss-reactive ketones (excluding diaryl/α,β-unsaturated/α-hetero) is 2. The van der Waals surface area contributed by atoms with Crippen molar-refractivity contribution in [1.29, 1.82) is 0 Å². The van der Waals surface area contributed by atoms with Crippen molar-refractivity contribution in [2.24, 2.45) is 0 Å². The van der Waals surface area contributed by atoms with Crippen LogP contribution in [0.3, 0.4) is 0 Å². The van der Waals surface area contributed by atoms with Crippen molar-refractivity contribution in [3.63, 3.8) is 0 Å². The molecule has 0 spiro atoms. The fraction of sp³-hybridized carbons (Fsp3) is 0.100. The van der Waals surface area contributed by atoms with Crippen molar-refractivity contribution in [3.8, 4) is 9.75 Å². The number of ketones is 2. The molecule has 0 amide bonds. The number of halogens is 1. The van der Waals surface area contributed by atoms with Crippen LogP contribution in [0.5, 0.6) is 0 Å². The van der Waals surface area contributed by atoms with Gasteiger partial charge in [-0.3, -0.25) is 9.59 Å². The van der Waals surface area contributed by atoms with Gasteiger partial charge in [0.25, 0.3) is 0 Å². The summed E-state index contributed by atoms with van der Waals surface area (Å²) < 4.78 is 1.13. The van der Waals surface area contributed by atoms with Gasteiger partial charge in [-0.05, 0) is 59.1 Å². The number of benzene rings is 1. The fourth-order valence-corrected chi connectivity index (χ4v) is 5.76. The number of hydrogen-bond donors (Lipinski definition) is 0. The van der Waals surface area contributed by atoms with Gasteiger partial charge in [0, 0.05) is 25.8 Å². The molecule has 124 valence electrons. The molecule has 5 heteroatoms. The van der Waals surface area contributed by atoms with Gasteiger partial charge < -0.3 is 0 Å². The molecular formula is C20H13BrO2S2. The van der Waals surface area contributed by atoms with Gasteiger partial charge in [0.05, 0.1) is 9.36 Å². The third kappa shape index (κ3) is 2.76. The fourth-order valence-electron chi connectivity index (χ4n) is 2.94. The summed E-state index contributed by atoms with van der Waals surface area (Å²) >= 11 is 6.88. The van der Waals surface area contributed by atoms with E-state index >= 15 is 0 Å². The molecule has 1 aliphatic rings. The Morgan fingerprint density at radius 3 is 2.12 bits per heavy atom. The Morgan fingerprint density at radius 2 is 1.56 bits per heavy atom. The first-order valence-electron chi connectivity index (χ1n) is 7.72. The van der Waals surface area contributed by atoms with Gasteiger partial charge in [-0.2, -0.15) is 0 Å². The molecule has 0 bridgehead atoms. The SMILES string of the molecule is Cc1cc(-c2sc(C=C3C(=O)c4ccccc4C3=O)cc2C)sc1Br. The van der Waals surface area contributed by atoms with Crippen LogP contribution in [0.1, 0.15) is 36.7 Å². The Balaban J connectivity index is 1.75. The van der Waals surface area contributed by atoms with Crippen LogP contribution in [0.4, 0.5) is 0 Å². The molecule has 0 saturated carbocycles. The molecular weight excluding hydrogens is 416 g/mol. The number of fused-ring (bicyclic) bond motifs is 1. The topological polar surface area (TPSA) is 34.1 Å². The van der Waals surface area contributed by atoms with Gasteiger partial charge in [0.1, 0.15) is 0 Å². The van der Waals surface area contributed by atoms with Crippen LogP contribution in [-0.2, 0) is 0 Å². The highest BCUT2D eigenvalue weighted by atomic mass is 79.9. The summed E-state index contributed by atoms with van der Waals surface area (Å²) in [5.41, 5.74) is 3.64. The maximum absolute atomic E-state index is 12.5. The number of thiophene rings is 2. The largest absolute Gasteiger partial charge is 0.288 e. The first-order chi connectivity index (χ1) is 12.0. The normalized spacial score (nSPS) is 13.5. The van der Waals surface area contributed by atoms with Crippen LogP contribution in [-0.4, -0.2) is 11.6 Å². The number of aryl methyl sites for hydroxylation is 2. The second-order valence-corrected chi connectivity index (χ2v) is 9.44. The number of hydrogen-bond acceptors (Lipinski definition) is 4. The lowest BCUT2D eigenvalue weighted by atomic mass is 10.1. The van der Waals surface area contributed by atoms with Crippen molar-refractivity contribution < 1.29 is 9.59 Å². The van der Waals surface area contributed by atoms with Crippen molar-refractivity contribution in [2.45, 2.75) is 13.8 Å². The molecule has 0 fully saturated rings. The zero-order valence-electron chi connectivity index (χ0n) is 13.6. The molecule has 1 aliphatic carbocycles. The summed E-state index contributed by atoms with van der Waals surface area (Å²) in [4.78, 5) is 28.4. The summed E-state index contributed by atoms with van der Waals surface area (Å²) in [6.07, 6.45) is 1.74. The molecule has 25 heavy (non-hydrogen) atoms. The molecule has 1 aromatic carbocycles. The highest BCUT2D eigenvalue weighted by molar-refractivity contribution is 9.11. The molecule has 0 saturated heterocycles. The number of carbonyl (C=O) groups is 2. The molecule has 4 rings (SSSR count). The average Bonchev–Trinajstić information content (AvgIpc) is 3.20. The van der Waals surface area contributed by atoms with E-state index in [1.165, 1.54) is 15.3 Å². The molecule has 3 aromatic rings. The predicted molar refractivity (Wildman–Crippen MR) is 108 cm³/mol. The molecule has 0 N–H and O–H groups in total. The van der Waals surface area contributed by atoms with E-state index in [2.05, 4.69) is 35.8 Å². The lowest BCUT2D eigenvalue weighted by Crippen LogP contribution is -1.99. The zero-order valence-corrected chi connectivity index (χ0v) is 16.8. The molecule has 0 aliphatic heterocycles. The summed E-state index contributed by atoms with van der Waals surface area (Å²) in [6.45, 7) is 4.13. The average molecular weight is 429 g/mol. The van der Waals surface area contributed by atoms with Crippen LogP contribution >= 0.6 is 38.6 Å². The van der Waals surface area contributed by atoms with Crippen molar-refractivity contribution in [1.82, 2.24) is 0 Å². The highest BCUT2D eigenvalue weighted by Crippen LogP contribution is 2.41. The quantitative estimate of drug-likeness (QED) is 0.353. The van der Waals surface area contributed by atoms with Gasteiger partial charge in [-0.25, -0.2) is 0 Å². The Bertz CT molecular complexity index is 1010. The number of rotatable bonds is 2. The standard InChI is InChI=1S/C20H13BrO2S2/c1-10-7-12(24-19(10)16-8-11(2)20(21)25-16)9-15-17(22)13-5-3-4-6-14(13)18(15)23/h3-9H,1-2H3. The smallest absolute Gasteiger partial charge is 0.197 e. The van der Waals surface area contributed by atoms with E-state index < -0.39 is 0 Å². The van der Waals surface area contributed by atoms with E-state index in [4.69, 9.17) is 0 Å². The van der Waals surface area contributed by atoms with Crippen LogP contribution in [0, 0.1) is 13.8 Å². The van der Waals surface area contributed by atoms with E-state index in [1.807, 2.05) is 6.07 Å². The van der Waals surface area contributed by atoms with E-state index in [0.717, 1.165) is 14.2 Å². The van der Waals surface area contributed by atoms with Gasteiger partial charge in [0.2, 0.25) is 0 Å². The van der Waals surface area contributed by atoms with E-state index in [-0.39, 0.29) is 17.1 Å². The molecule has 0 atom stereocenters. The third-order valence-corrected chi connectivity index (χ3v) is 7.71. The first kappa shape index (κ1) is 16.6. The predicted octanol–water partition coefficient (Wildman–Crippen LogP) is 6.32. The van der Waals surface area contributed by atoms with Crippen molar-refractivity contribution >= 4 is 56.2 Å². The van der Waals surface area contributed by atoms with E-state index in [0.29, 0.717) is 11.1 Å². The molecule has 0 radical (unpaired) electrons. The van der Waals surface area contributed by atoms with Crippen molar-refractivity contribution in [2.75, 3.05) is 0 Å². The highest BCUT2D eigenvalue weighted by Gasteiger charge is 2.32. The summed E-state index contributed by atoms with van der Waals surface area (Å²) in [5, 5.41) is 0. The Morgan fingerprint density at radius 1 is 0.920 bits per heavy atom. The van der Waals surface area contributed by atoms with Crippen LogP contribution in [0.25, 0.3) is 15.8 Å². The van der Waals surface area contributed by atoms with Gasteiger partial charge in [-0.1, -0.05) is 24.3 Å². The maximum Gasteiger partial charge on any atom is 0.197 e. The molecule has 0 unspecified atom stereocenters. The lowest BCUT2D eigenvalue weighted by Gasteiger charge is -1.93. The minimum absolute atomic E-state index is 0.178. The Kier molecular flexibility index (Phi) is 4.10. The third-order valence-electron chi connectivity index (χ3n) is 4.21. The van der Waals surface area contributed by atoms with Crippen LogP contribution < -0.4 is 0 Å². The maximum atomic E-state index is 12.5. The number of carbonyl (C=O) groups excluding carboxylic acids is 2. The van der Waals surface area contributed by atoms with Crippen molar-refractivity contribution in [3.05, 3.63) is 72.9 Å². The van der Waals surface area contributed by atoms with Gasteiger partial charge in [0.15, 0.2) is 11.6 Å². The molecule has 2 nitrogen and oxygen atoms in total. The lowest BCUT2D eigenvalue weighted by molar-refractivity contribution is 0.0990. The minimum atomic E-state index is -0.178. The second-order valence-electron chi connectivity index (χ2n) is 5.99. The zero-order chi connectivity index (χ0) is 17.7. The minimum Gasteiger partial charge on any atom is -0.288 e. The van der Waals surface area contributed by atoms with E-state index in [9.17, 15) is 9.59 Å². The first-order valence-corrected chi connectivity index (χ1v) is 10.1. The summed E-state index contributed by atoms with van der Waals surface area (Å²) in [5.74, 6) is -0.356. The number of allylic oxidation sites excluding steroid dienone is 1. The van der Waals surface area contributed by atoms with Crippen LogP contribution in [0.2, 0.25) is 0 Å². The van der Waals surface area contributed by atoms with E-state index in [1.54, 1.807) is 53.0 Å². The molecule has 2 heterocycles. The Labute approximate surface area is 162 Å². The van der Waals surface area contributed by atoms with Crippen LogP contribution in [0.15, 0.2) is 45.8 Å². The second kappa shape index (κ2) is 6.16.